The Kier molecular flexibility index (Phi) is 4.57. The van der Waals surface area contributed by atoms with Gasteiger partial charge in [-0.2, -0.15) is 0 Å². The van der Waals surface area contributed by atoms with E-state index >= 15 is 0 Å². The zero-order valence-corrected chi connectivity index (χ0v) is 16.3. The molecule has 2 aliphatic rings. The summed E-state index contributed by atoms with van der Waals surface area (Å²) in [6.45, 7) is 2.14. The Morgan fingerprint density at radius 3 is 2.52 bits per heavy atom. The third-order valence-corrected chi connectivity index (χ3v) is 5.76. The van der Waals surface area contributed by atoms with Crippen molar-refractivity contribution in [3.05, 3.63) is 101 Å². The first kappa shape index (κ1) is 18.0. The highest BCUT2D eigenvalue weighted by atomic mass is 16.5. The van der Waals surface area contributed by atoms with Gasteiger partial charge in [-0.25, -0.2) is 0 Å². The molecule has 0 fully saturated rings. The van der Waals surface area contributed by atoms with E-state index in [1.54, 1.807) is 0 Å². The average Bonchev–Trinajstić information content (AvgIpc) is 2.79. The second kappa shape index (κ2) is 7.37. The van der Waals surface area contributed by atoms with Gasteiger partial charge in [-0.05, 0) is 29.7 Å². The Morgan fingerprint density at radius 1 is 0.931 bits per heavy atom. The molecule has 0 aromatic heterocycles. The summed E-state index contributed by atoms with van der Waals surface area (Å²) in [5.74, 6) is 1.70. The van der Waals surface area contributed by atoms with Crippen LogP contribution < -0.4 is 4.74 Å². The minimum Gasteiger partial charge on any atom is -0.489 e. The Morgan fingerprint density at radius 2 is 1.69 bits per heavy atom. The number of aliphatic imine (C=N–C) groups is 1. The summed E-state index contributed by atoms with van der Waals surface area (Å²) in [5.41, 5.74) is 3.18. The maximum atomic E-state index is 11.8. The molecule has 146 valence electrons. The molecule has 4 nitrogen and oxygen atoms in total. The molecule has 4 heteroatoms. The fourth-order valence-corrected chi connectivity index (χ4v) is 4.27. The molecule has 0 spiro atoms. The van der Waals surface area contributed by atoms with Crippen LogP contribution in [0.1, 0.15) is 28.7 Å². The zero-order chi connectivity index (χ0) is 19.7. The smallest absolute Gasteiger partial charge is 0.169 e. The maximum absolute atomic E-state index is 11.8. The van der Waals surface area contributed by atoms with E-state index in [1.165, 1.54) is 0 Å². The quantitative estimate of drug-likeness (QED) is 0.736. The number of benzene rings is 3. The third-order valence-electron chi connectivity index (χ3n) is 5.76. The number of amidine groups is 1. The first-order chi connectivity index (χ1) is 14.2. The van der Waals surface area contributed by atoms with Crippen molar-refractivity contribution in [2.24, 2.45) is 4.99 Å². The summed E-state index contributed by atoms with van der Waals surface area (Å²) in [5, 5.41) is 11.8. The summed E-state index contributed by atoms with van der Waals surface area (Å²) < 4.78 is 5.91. The van der Waals surface area contributed by atoms with Gasteiger partial charge in [0, 0.05) is 30.6 Å². The Bertz CT molecular complexity index is 1030. The Labute approximate surface area is 171 Å². The van der Waals surface area contributed by atoms with Gasteiger partial charge in [0.25, 0.3) is 0 Å². The molecule has 1 atom stereocenters. The monoisotopic (exact) mass is 384 g/mol. The van der Waals surface area contributed by atoms with Gasteiger partial charge in [-0.1, -0.05) is 66.7 Å². The van der Waals surface area contributed by atoms with Crippen molar-refractivity contribution < 1.29 is 9.84 Å². The predicted molar refractivity (Wildman–Crippen MR) is 114 cm³/mol. The maximum Gasteiger partial charge on any atom is 0.169 e. The molecule has 5 rings (SSSR count). The normalized spacial score (nSPS) is 20.4. The minimum atomic E-state index is -1.09. The van der Waals surface area contributed by atoms with Crippen LogP contribution >= 0.6 is 0 Å². The summed E-state index contributed by atoms with van der Waals surface area (Å²) >= 11 is 0. The summed E-state index contributed by atoms with van der Waals surface area (Å²) in [4.78, 5) is 6.82. The lowest BCUT2D eigenvalue weighted by molar-refractivity contribution is -0.0819. The van der Waals surface area contributed by atoms with E-state index in [4.69, 9.17) is 9.73 Å². The van der Waals surface area contributed by atoms with Crippen molar-refractivity contribution in [2.45, 2.75) is 25.2 Å². The van der Waals surface area contributed by atoms with Crippen molar-refractivity contribution in [2.75, 3.05) is 13.1 Å². The molecule has 29 heavy (non-hydrogen) atoms. The van der Waals surface area contributed by atoms with E-state index in [2.05, 4.69) is 17.0 Å². The first-order valence-corrected chi connectivity index (χ1v) is 10.1. The molecule has 0 radical (unpaired) electrons. The summed E-state index contributed by atoms with van der Waals surface area (Å²) in [6.07, 6.45) is 1.50. The topological polar surface area (TPSA) is 45.1 Å². The molecule has 1 N–H and O–H groups in total. The lowest BCUT2D eigenvalue weighted by atomic mass is 9.85. The summed E-state index contributed by atoms with van der Waals surface area (Å²) in [7, 11) is 0. The largest absolute Gasteiger partial charge is 0.489 e. The predicted octanol–water partition coefficient (Wildman–Crippen LogP) is 4.12. The van der Waals surface area contributed by atoms with E-state index in [0.29, 0.717) is 13.0 Å². The van der Waals surface area contributed by atoms with Crippen molar-refractivity contribution >= 4 is 5.84 Å². The van der Waals surface area contributed by atoms with E-state index < -0.39 is 5.72 Å². The van der Waals surface area contributed by atoms with E-state index in [9.17, 15) is 5.11 Å². The van der Waals surface area contributed by atoms with Crippen molar-refractivity contribution in [3.8, 4) is 5.75 Å². The van der Waals surface area contributed by atoms with Crippen LogP contribution in [0.3, 0.4) is 0 Å². The molecular weight excluding hydrogens is 360 g/mol. The SMILES string of the molecule is OC1(c2ccc(OCc3ccccc3)cc2)Cc2ccccc2C2=NCCCN21. The summed E-state index contributed by atoms with van der Waals surface area (Å²) in [6, 6.07) is 26.2. The highest BCUT2D eigenvalue weighted by Crippen LogP contribution is 2.38. The van der Waals surface area contributed by atoms with Gasteiger partial charge >= 0.3 is 0 Å². The zero-order valence-electron chi connectivity index (χ0n) is 16.3. The fraction of sp³-hybridized carbons (Fsp3) is 0.240. The van der Waals surface area contributed by atoms with Crippen LogP contribution in [0.2, 0.25) is 0 Å². The number of nitrogens with zero attached hydrogens (tertiary/aromatic N) is 2. The van der Waals surface area contributed by atoms with Gasteiger partial charge in [-0.3, -0.25) is 4.99 Å². The molecule has 3 aromatic carbocycles. The second-order valence-corrected chi connectivity index (χ2v) is 7.66. The Hall–Kier alpha value is -3.11. The van der Waals surface area contributed by atoms with Crippen molar-refractivity contribution in [1.82, 2.24) is 4.90 Å². The molecular formula is C25H24N2O2. The van der Waals surface area contributed by atoms with Crippen LogP contribution in [0, 0.1) is 0 Å². The molecule has 0 saturated carbocycles. The van der Waals surface area contributed by atoms with Crippen LogP contribution in [-0.2, 0) is 18.8 Å². The molecule has 1 unspecified atom stereocenters. The average molecular weight is 384 g/mol. The van der Waals surface area contributed by atoms with E-state index in [1.807, 2.05) is 66.7 Å². The van der Waals surface area contributed by atoms with Crippen LogP contribution in [-0.4, -0.2) is 28.9 Å². The molecule has 0 bridgehead atoms. The van der Waals surface area contributed by atoms with Gasteiger partial charge < -0.3 is 14.7 Å². The highest BCUT2D eigenvalue weighted by Gasteiger charge is 2.44. The number of fused-ring (bicyclic) bond motifs is 3. The number of rotatable bonds is 4. The van der Waals surface area contributed by atoms with E-state index in [-0.39, 0.29) is 0 Å². The molecule has 0 aliphatic carbocycles. The number of hydrogen-bond donors (Lipinski definition) is 1. The van der Waals surface area contributed by atoms with Gasteiger partial charge in [0.15, 0.2) is 5.72 Å². The number of ether oxygens (including phenoxy) is 1. The molecule has 3 aromatic rings. The van der Waals surface area contributed by atoms with Crippen LogP contribution in [0.5, 0.6) is 5.75 Å². The van der Waals surface area contributed by atoms with Gasteiger partial charge in [0.2, 0.25) is 0 Å². The lowest BCUT2D eigenvalue weighted by Gasteiger charge is -2.47. The minimum absolute atomic E-state index is 0.529. The first-order valence-electron chi connectivity index (χ1n) is 10.1. The highest BCUT2D eigenvalue weighted by molar-refractivity contribution is 6.02. The van der Waals surface area contributed by atoms with Gasteiger partial charge in [0.05, 0.1) is 0 Å². The molecule has 2 aliphatic heterocycles. The number of hydrogen-bond acceptors (Lipinski definition) is 4. The Balaban J connectivity index is 1.42. The van der Waals surface area contributed by atoms with Crippen molar-refractivity contribution in [3.63, 3.8) is 0 Å². The molecule has 0 saturated heterocycles. The van der Waals surface area contributed by atoms with Crippen LogP contribution in [0.25, 0.3) is 0 Å². The standard InChI is InChI=1S/C25H24N2O2/c28-25(17-20-9-4-5-10-23(20)24-26-15-6-16-27(24)25)21-11-13-22(14-12-21)29-18-19-7-2-1-3-8-19/h1-5,7-14,28H,6,15-18H2. The van der Waals surface area contributed by atoms with E-state index in [0.717, 1.165) is 53.3 Å². The second-order valence-electron chi connectivity index (χ2n) is 7.66. The van der Waals surface area contributed by atoms with Crippen molar-refractivity contribution in [1.29, 1.82) is 0 Å². The fourth-order valence-electron chi connectivity index (χ4n) is 4.27. The molecule has 2 heterocycles. The van der Waals surface area contributed by atoms with Gasteiger partial charge in [0.1, 0.15) is 18.2 Å². The molecule has 0 amide bonds. The number of aliphatic hydroxyl groups is 1. The van der Waals surface area contributed by atoms with Gasteiger partial charge in [-0.15, -0.1) is 0 Å². The van der Waals surface area contributed by atoms with Crippen LogP contribution in [0.15, 0.2) is 83.9 Å². The third kappa shape index (κ3) is 3.30. The van der Waals surface area contributed by atoms with Crippen LogP contribution in [0.4, 0.5) is 0 Å². The lowest BCUT2D eigenvalue weighted by Crippen LogP contribution is -2.56.